The molecule has 0 radical (unpaired) electrons. The Kier molecular flexibility index (Phi) is 4.50. The summed E-state index contributed by atoms with van der Waals surface area (Å²) < 4.78 is 23.5. The van der Waals surface area contributed by atoms with Crippen molar-refractivity contribution in [3.63, 3.8) is 0 Å². The molecular weight excluding hydrogens is 272 g/mol. The third kappa shape index (κ3) is 3.61. The molecule has 0 fully saturated rings. The number of rotatable bonds is 6. The molecule has 0 saturated heterocycles. The van der Waals surface area contributed by atoms with Crippen molar-refractivity contribution in [2.24, 2.45) is 0 Å². The van der Waals surface area contributed by atoms with Crippen LogP contribution in [0.15, 0.2) is 24.4 Å². The van der Waals surface area contributed by atoms with Gasteiger partial charge < -0.3 is 9.88 Å². The number of H-pyrrole nitrogens is 1. The van der Waals surface area contributed by atoms with Crippen molar-refractivity contribution in [2.75, 3.05) is 26.4 Å². The molecule has 110 valence electrons. The Morgan fingerprint density at radius 3 is 2.65 bits per heavy atom. The van der Waals surface area contributed by atoms with E-state index in [1.165, 1.54) is 5.56 Å². The summed E-state index contributed by atoms with van der Waals surface area (Å²) in [5.41, 5.74) is 3.17. The van der Waals surface area contributed by atoms with Crippen molar-refractivity contribution < 1.29 is 8.42 Å². The second kappa shape index (κ2) is 5.97. The third-order valence-electron chi connectivity index (χ3n) is 3.49. The molecule has 4 nitrogen and oxygen atoms in total. The first-order chi connectivity index (χ1) is 9.41. The van der Waals surface area contributed by atoms with E-state index in [2.05, 4.69) is 9.88 Å². The van der Waals surface area contributed by atoms with Crippen LogP contribution in [0.4, 0.5) is 0 Å². The number of nitrogens with zero attached hydrogens (tertiary/aromatic N) is 1. The van der Waals surface area contributed by atoms with Gasteiger partial charge in [-0.3, -0.25) is 0 Å². The van der Waals surface area contributed by atoms with Crippen LogP contribution >= 0.6 is 0 Å². The van der Waals surface area contributed by atoms with Gasteiger partial charge in [-0.05, 0) is 43.8 Å². The van der Waals surface area contributed by atoms with Crippen LogP contribution in [0.25, 0.3) is 10.9 Å². The molecule has 1 aromatic heterocycles. The lowest BCUT2D eigenvalue weighted by Gasteiger charge is -2.08. The van der Waals surface area contributed by atoms with E-state index in [1.54, 1.807) is 6.92 Å². The second-order valence-electron chi connectivity index (χ2n) is 5.42. The maximum Gasteiger partial charge on any atom is 0.154 e. The van der Waals surface area contributed by atoms with E-state index in [1.807, 2.05) is 38.5 Å². The van der Waals surface area contributed by atoms with Crippen LogP contribution in [0.2, 0.25) is 0 Å². The van der Waals surface area contributed by atoms with E-state index >= 15 is 0 Å². The number of fused-ring (bicyclic) bond motifs is 1. The van der Waals surface area contributed by atoms with Crippen molar-refractivity contribution in [1.82, 2.24) is 9.88 Å². The van der Waals surface area contributed by atoms with E-state index in [0.29, 0.717) is 0 Å². The average molecular weight is 294 g/mol. The van der Waals surface area contributed by atoms with Crippen LogP contribution in [0, 0.1) is 0 Å². The summed E-state index contributed by atoms with van der Waals surface area (Å²) in [6.45, 7) is 2.66. The van der Waals surface area contributed by atoms with Crippen LogP contribution in [0.1, 0.15) is 18.1 Å². The number of hydrogen-bond donors (Lipinski definition) is 1. The lowest BCUT2D eigenvalue weighted by atomic mass is 10.1. The van der Waals surface area contributed by atoms with Crippen LogP contribution in [-0.2, 0) is 22.0 Å². The van der Waals surface area contributed by atoms with Gasteiger partial charge in [0.05, 0.1) is 5.75 Å². The normalized spacial score (nSPS) is 12.4. The van der Waals surface area contributed by atoms with Crippen LogP contribution < -0.4 is 0 Å². The van der Waals surface area contributed by atoms with Crippen LogP contribution in [-0.4, -0.2) is 44.7 Å². The molecule has 0 amide bonds. The molecular formula is C15H22N2O2S. The van der Waals surface area contributed by atoms with Crippen molar-refractivity contribution >= 4 is 20.7 Å². The zero-order chi connectivity index (χ0) is 14.8. The molecule has 2 rings (SSSR count). The minimum atomic E-state index is -2.98. The molecule has 20 heavy (non-hydrogen) atoms. The molecule has 0 aliphatic heterocycles. The number of aromatic amines is 1. The predicted octanol–water partition coefficient (Wildman–Crippen LogP) is 2.21. The maximum atomic E-state index is 11.7. The van der Waals surface area contributed by atoms with Gasteiger partial charge in [-0.25, -0.2) is 8.42 Å². The Morgan fingerprint density at radius 1 is 1.25 bits per heavy atom. The number of sulfone groups is 1. The van der Waals surface area contributed by atoms with E-state index in [0.717, 1.165) is 29.4 Å². The summed E-state index contributed by atoms with van der Waals surface area (Å²) in [5.74, 6) is 0.309. The SMILES string of the molecule is CCS(=O)(=O)Cc1ccc2[nH]cc(CCN(C)C)c2c1. The van der Waals surface area contributed by atoms with E-state index in [9.17, 15) is 8.42 Å². The topological polar surface area (TPSA) is 53.2 Å². The summed E-state index contributed by atoms with van der Waals surface area (Å²) in [6.07, 6.45) is 2.98. The number of aromatic nitrogens is 1. The van der Waals surface area contributed by atoms with Gasteiger partial charge in [0.2, 0.25) is 0 Å². The second-order valence-corrected chi connectivity index (χ2v) is 7.78. The molecule has 0 aliphatic rings. The molecule has 0 unspecified atom stereocenters. The minimum absolute atomic E-state index is 0.123. The van der Waals surface area contributed by atoms with Crippen molar-refractivity contribution in [1.29, 1.82) is 0 Å². The molecule has 0 atom stereocenters. The molecule has 1 heterocycles. The molecule has 0 spiro atoms. The molecule has 2 aromatic rings. The van der Waals surface area contributed by atoms with Crippen LogP contribution in [0.3, 0.4) is 0 Å². The van der Waals surface area contributed by atoms with E-state index in [-0.39, 0.29) is 11.5 Å². The number of nitrogens with one attached hydrogen (secondary N) is 1. The Balaban J connectivity index is 2.29. The summed E-state index contributed by atoms with van der Waals surface area (Å²) in [5, 5.41) is 1.13. The van der Waals surface area contributed by atoms with Gasteiger partial charge in [0.15, 0.2) is 9.84 Å². The fourth-order valence-corrected chi connectivity index (χ4v) is 3.11. The Hall–Kier alpha value is -1.33. The van der Waals surface area contributed by atoms with Gasteiger partial charge in [0.1, 0.15) is 0 Å². The lowest BCUT2D eigenvalue weighted by molar-refractivity contribution is 0.414. The summed E-state index contributed by atoms with van der Waals surface area (Å²) >= 11 is 0. The molecule has 1 N–H and O–H groups in total. The largest absolute Gasteiger partial charge is 0.361 e. The fraction of sp³-hybridized carbons (Fsp3) is 0.467. The van der Waals surface area contributed by atoms with Gasteiger partial charge in [-0.15, -0.1) is 0 Å². The summed E-state index contributed by atoms with van der Waals surface area (Å²) in [6, 6.07) is 5.86. The standard InChI is InChI=1S/C15H22N2O2S/c1-4-20(18,19)11-12-5-6-15-14(9-12)13(10-16-15)7-8-17(2)3/h5-6,9-10,16H,4,7-8,11H2,1-3H3. The highest BCUT2D eigenvalue weighted by molar-refractivity contribution is 7.90. The zero-order valence-electron chi connectivity index (χ0n) is 12.3. The number of hydrogen-bond acceptors (Lipinski definition) is 3. The monoisotopic (exact) mass is 294 g/mol. The van der Waals surface area contributed by atoms with Crippen molar-refractivity contribution in [3.05, 3.63) is 35.5 Å². The Bertz CT molecular complexity index is 687. The molecule has 0 aliphatic carbocycles. The minimum Gasteiger partial charge on any atom is -0.361 e. The maximum absolute atomic E-state index is 11.7. The van der Waals surface area contributed by atoms with Crippen molar-refractivity contribution in [2.45, 2.75) is 19.1 Å². The van der Waals surface area contributed by atoms with Crippen LogP contribution in [0.5, 0.6) is 0 Å². The molecule has 5 heteroatoms. The van der Waals surface area contributed by atoms with Crippen molar-refractivity contribution in [3.8, 4) is 0 Å². The Labute approximate surface area is 120 Å². The quantitative estimate of drug-likeness (QED) is 0.888. The highest BCUT2D eigenvalue weighted by Crippen LogP contribution is 2.21. The van der Waals surface area contributed by atoms with E-state index < -0.39 is 9.84 Å². The van der Waals surface area contributed by atoms with E-state index in [4.69, 9.17) is 0 Å². The third-order valence-corrected chi connectivity index (χ3v) is 5.14. The van der Waals surface area contributed by atoms with Gasteiger partial charge in [0, 0.05) is 29.4 Å². The fourth-order valence-electron chi connectivity index (χ4n) is 2.22. The highest BCUT2D eigenvalue weighted by Gasteiger charge is 2.11. The summed E-state index contributed by atoms with van der Waals surface area (Å²) in [4.78, 5) is 5.39. The van der Waals surface area contributed by atoms with Gasteiger partial charge >= 0.3 is 0 Å². The first kappa shape index (κ1) is 15.1. The summed E-state index contributed by atoms with van der Waals surface area (Å²) in [7, 11) is 1.12. The average Bonchev–Trinajstić information content (AvgIpc) is 2.78. The lowest BCUT2D eigenvalue weighted by Crippen LogP contribution is -2.14. The Morgan fingerprint density at radius 2 is 2.00 bits per heavy atom. The first-order valence-corrected chi connectivity index (χ1v) is 8.67. The highest BCUT2D eigenvalue weighted by atomic mass is 32.2. The molecule has 1 aromatic carbocycles. The van der Waals surface area contributed by atoms with Gasteiger partial charge in [0.25, 0.3) is 0 Å². The van der Waals surface area contributed by atoms with Gasteiger partial charge in [-0.1, -0.05) is 13.0 Å². The van der Waals surface area contributed by atoms with Gasteiger partial charge in [-0.2, -0.15) is 0 Å². The molecule has 0 bridgehead atoms. The molecule has 0 saturated carbocycles. The number of likely N-dealkylation sites (N-methyl/N-ethyl adjacent to an activating group) is 1. The predicted molar refractivity (Wildman–Crippen MR) is 83.7 cm³/mol. The zero-order valence-corrected chi connectivity index (χ0v) is 13.1. The number of benzene rings is 1. The first-order valence-electron chi connectivity index (χ1n) is 6.85. The smallest absolute Gasteiger partial charge is 0.154 e.